The van der Waals surface area contributed by atoms with Gasteiger partial charge in [-0.25, -0.2) is 4.79 Å². The number of aliphatic carboxylic acids is 1. The van der Waals surface area contributed by atoms with E-state index < -0.39 is 24.1 Å². The number of piperidine rings is 1. The van der Waals surface area contributed by atoms with E-state index in [4.69, 9.17) is 9.84 Å². The Morgan fingerprint density at radius 2 is 1.95 bits per heavy atom. The highest BCUT2D eigenvalue weighted by Gasteiger charge is 2.33. The van der Waals surface area contributed by atoms with E-state index >= 15 is 0 Å². The largest absolute Gasteiger partial charge is 0.481 e. The molecule has 1 aliphatic rings. The van der Waals surface area contributed by atoms with Crippen molar-refractivity contribution in [2.75, 3.05) is 13.1 Å². The summed E-state index contributed by atoms with van der Waals surface area (Å²) in [5.41, 5.74) is 0.855. The number of rotatable bonds is 3. The smallest absolute Gasteiger partial charge is 0.410 e. The average Bonchev–Trinajstić information content (AvgIpc) is 2.45. The second-order valence-electron chi connectivity index (χ2n) is 4.87. The van der Waals surface area contributed by atoms with Gasteiger partial charge in [0.2, 0.25) is 0 Å². The molecule has 1 amide bonds. The molecule has 1 heterocycles. The van der Waals surface area contributed by atoms with Crippen molar-refractivity contribution in [3.8, 4) is 0 Å². The van der Waals surface area contributed by atoms with Crippen molar-refractivity contribution in [1.29, 1.82) is 0 Å². The summed E-state index contributed by atoms with van der Waals surface area (Å²) >= 11 is 0. The number of nitrogens with zero attached hydrogens (tertiary/aromatic N) is 1. The van der Waals surface area contributed by atoms with Crippen LogP contribution in [0.5, 0.6) is 0 Å². The molecule has 1 saturated heterocycles. The number of likely N-dealkylation sites (tertiary alicyclic amines) is 1. The number of amides is 1. The van der Waals surface area contributed by atoms with E-state index in [1.807, 2.05) is 30.3 Å². The van der Waals surface area contributed by atoms with Gasteiger partial charge in [0.05, 0.1) is 12.0 Å². The second kappa shape index (κ2) is 6.38. The molecule has 0 radical (unpaired) electrons. The first-order valence-electron chi connectivity index (χ1n) is 6.42. The van der Waals surface area contributed by atoms with Crippen LogP contribution < -0.4 is 0 Å². The molecule has 1 aliphatic heterocycles. The Balaban J connectivity index is 1.90. The molecular weight excluding hydrogens is 262 g/mol. The molecule has 1 fully saturated rings. The normalized spacial score (nSPS) is 22.4. The second-order valence-corrected chi connectivity index (χ2v) is 4.87. The zero-order chi connectivity index (χ0) is 14.5. The molecule has 0 unspecified atom stereocenters. The molecule has 6 heteroatoms. The fourth-order valence-corrected chi connectivity index (χ4v) is 2.21. The molecule has 0 aromatic heterocycles. The monoisotopic (exact) mass is 279 g/mol. The van der Waals surface area contributed by atoms with Gasteiger partial charge < -0.3 is 19.8 Å². The first-order valence-corrected chi connectivity index (χ1v) is 6.42. The fraction of sp³-hybridized carbons (Fsp3) is 0.429. The maximum atomic E-state index is 11.9. The predicted octanol–water partition coefficient (Wildman–Crippen LogP) is 1.09. The van der Waals surface area contributed by atoms with Crippen LogP contribution in [0.1, 0.15) is 12.0 Å². The summed E-state index contributed by atoms with van der Waals surface area (Å²) < 4.78 is 5.13. The summed E-state index contributed by atoms with van der Waals surface area (Å²) in [5.74, 6) is -1.76. The molecule has 1 aromatic carbocycles. The number of carbonyl (C=O) groups is 2. The third-order valence-corrected chi connectivity index (χ3v) is 3.24. The highest BCUT2D eigenvalue weighted by molar-refractivity contribution is 5.73. The minimum Gasteiger partial charge on any atom is -0.481 e. The van der Waals surface area contributed by atoms with E-state index in [0.29, 0.717) is 0 Å². The van der Waals surface area contributed by atoms with Crippen LogP contribution in [0, 0.1) is 5.92 Å². The van der Waals surface area contributed by atoms with Gasteiger partial charge in [0.15, 0.2) is 0 Å². The number of β-amino-alcohol motifs (C(OH)–C–C–N with tert-alkyl or cyclic N) is 1. The van der Waals surface area contributed by atoms with Crippen LogP contribution in [0.3, 0.4) is 0 Å². The maximum absolute atomic E-state index is 11.9. The topological polar surface area (TPSA) is 87.1 Å². The van der Waals surface area contributed by atoms with Crippen molar-refractivity contribution in [1.82, 2.24) is 4.90 Å². The summed E-state index contributed by atoms with van der Waals surface area (Å²) in [5, 5.41) is 18.6. The standard InChI is InChI=1S/C14H17NO5/c16-12-6-11(13(17)18)7-15(8-12)14(19)20-9-10-4-2-1-3-5-10/h1-5,11-12,16H,6-9H2,(H,17,18)/t11-,12-/m0/s1. The summed E-state index contributed by atoms with van der Waals surface area (Å²) in [7, 11) is 0. The van der Waals surface area contributed by atoms with Crippen LogP contribution in [0.25, 0.3) is 0 Å². The number of ether oxygens (including phenoxy) is 1. The van der Waals surface area contributed by atoms with E-state index in [0.717, 1.165) is 5.56 Å². The maximum Gasteiger partial charge on any atom is 0.410 e. The predicted molar refractivity (Wildman–Crippen MR) is 69.9 cm³/mol. The van der Waals surface area contributed by atoms with Crippen LogP contribution >= 0.6 is 0 Å². The van der Waals surface area contributed by atoms with Crippen LogP contribution in [0.2, 0.25) is 0 Å². The van der Waals surface area contributed by atoms with Crippen LogP contribution in [-0.2, 0) is 16.1 Å². The van der Waals surface area contributed by atoms with Crippen molar-refractivity contribution in [2.45, 2.75) is 19.1 Å². The first kappa shape index (κ1) is 14.3. The van der Waals surface area contributed by atoms with E-state index in [1.165, 1.54) is 4.90 Å². The van der Waals surface area contributed by atoms with Crippen molar-refractivity contribution in [3.05, 3.63) is 35.9 Å². The van der Waals surface area contributed by atoms with Crippen molar-refractivity contribution in [3.63, 3.8) is 0 Å². The molecule has 2 atom stereocenters. The molecule has 2 rings (SSSR count). The summed E-state index contributed by atoms with van der Waals surface area (Å²) in [6.45, 7) is 0.307. The van der Waals surface area contributed by atoms with Gasteiger partial charge in [-0.2, -0.15) is 0 Å². The number of carboxylic acid groups (broad SMARTS) is 1. The van der Waals surface area contributed by atoms with E-state index in [9.17, 15) is 14.7 Å². The number of carboxylic acids is 1. The van der Waals surface area contributed by atoms with Gasteiger partial charge in [-0.05, 0) is 12.0 Å². The van der Waals surface area contributed by atoms with Crippen molar-refractivity contribution in [2.24, 2.45) is 5.92 Å². The molecule has 20 heavy (non-hydrogen) atoms. The summed E-state index contributed by atoms with van der Waals surface area (Å²) in [4.78, 5) is 24.1. The molecule has 2 N–H and O–H groups in total. The first-order chi connectivity index (χ1) is 9.56. The zero-order valence-electron chi connectivity index (χ0n) is 10.9. The fourth-order valence-electron chi connectivity index (χ4n) is 2.21. The van der Waals surface area contributed by atoms with Gasteiger partial charge in [0.25, 0.3) is 0 Å². The van der Waals surface area contributed by atoms with Crippen LogP contribution in [-0.4, -0.2) is 46.4 Å². The Bertz CT molecular complexity index is 476. The minimum atomic E-state index is -1.01. The Labute approximate surface area is 116 Å². The SMILES string of the molecule is O=C(O)[C@H]1C[C@H](O)CN(C(=O)OCc2ccccc2)C1. The van der Waals surface area contributed by atoms with E-state index in [1.54, 1.807) is 0 Å². The third-order valence-electron chi connectivity index (χ3n) is 3.24. The van der Waals surface area contributed by atoms with Crippen LogP contribution in [0.4, 0.5) is 4.79 Å². The van der Waals surface area contributed by atoms with Gasteiger partial charge in [-0.3, -0.25) is 4.79 Å². The molecule has 0 saturated carbocycles. The average molecular weight is 279 g/mol. The molecule has 0 bridgehead atoms. The Kier molecular flexibility index (Phi) is 4.57. The molecule has 0 spiro atoms. The number of benzene rings is 1. The number of hydrogen-bond acceptors (Lipinski definition) is 4. The molecule has 1 aromatic rings. The lowest BCUT2D eigenvalue weighted by molar-refractivity contribution is -0.145. The molecule has 6 nitrogen and oxygen atoms in total. The Morgan fingerprint density at radius 3 is 2.60 bits per heavy atom. The lowest BCUT2D eigenvalue weighted by Gasteiger charge is -2.33. The van der Waals surface area contributed by atoms with Gasteiger partial charge in [0, 0.05) is 13.1 Å². The van der Waals surface area contributed by atoms with Gasteiger partial charge in [-0.15, -0.1) is 0 Å². The molecular formula is C14H17NO5. The quantitative estimate of drug-likeness (QED) is 0.865. The summed E-state index contributed by atoms with van der Waals surface area (Å²) in [6, 6.07) is 9.21. The Morgan fingerprint density at radius 1 is 1.25 bits per heavy atom. The van der Waals surface area contributed by atoms with Gasteiger partial charge >= 0.3 is 12.1 Å². The summed E-state index contributed by atoms with van der Waals surface area (Å²) in [6.07, 6.45) is -1.26. The lowest BCUT2D eigenvalue weighted by Crippen LogP contribution is -2.48. The Hall–Kier alpha value is -2.08. The lowest BCUT2D eigenvalue weighted by atomic mass is 9.96. The number of carbonyl (C=O) groups excluding carboxylic acids is 1. The van der Waals surface area contributed by atoms with Crippen molar-refractivity contribution >= 4 is 12.1 Å². The van der Waals surface area contributed by atoms with E-state index in [-0.39, 0.29) is 26.1 Å². The number of hydrogen-bond donors (Lipinski definition) is 2. The van der Waals surface area contributed by atoms with Crippen molar-refractivity contribution < 1.29 is 24.5 Å². The number of aliphatic hydroxyl groups excluding tert-OH is 1. The highest BCUT2D eigenvalue weighted by atomic mass is 16.6. The third kappa shape index (κ3) is 3.71. The van der Waals surface area contributed by atoms with E-state index in [2.05, 4.69) is 0 Å². The zero-order valence-corrected chi connectivity index (χ0v) is 10.9. The molecule has 0 aliphatic carbocycles. The minimum absolute atomic E-state index is 0.0695. The number of aliphatic hydroxyl groups is 1. The molecule has 108 valence electrons. The van der Waals surface area contributed by atoms with Gasteiger partial charge in [0.1, 0.15) is 6.61 Å². The van der Waals surface area contributed by atoms with Crippen LogP contribution in [0.15, 0.2) is 30.3 Å². The highest BCUT2D eigenvalue weighted by Crippen LogP contribution is 2.18. The van der Waals surface area contributed by atoms with Gasteiger partial charge in [-0.1, -0.05) is 30.3 Å².